The molecule has 12 heteroatoms. The fourth-order valence-electron chi connectivity index (χ4n) is 3.39. The first-order chi connectivity index (χ1) is 16.9. The quantitative estimate of drug-likeness (QED) is 0.544. The maximum absolute atomic E-state index is 13.1. The Bertz CT molecular complexity index is 919. The molecule has 1 aliphatic rings. The van der Waals surface area contributed by atoms with Gasteiger partial charge >= 0.3 is 12.2 Å². The van der Waals surface area contributed by atoms with Crippen molar-refractivity contribution in [1.82, 2.24) is 25.7 Å². The van der Waals surface area contributed by atoms with Crippen LogP contribution < -0.4 is 10.6 Å². The summed E-state index contributed by atoms with van der Waals surface area (Å²) >= 11 is 0. The summed E-state index contributed by atoms with van der Waals surface area (Å²) in [6.07, 6.45) is 0.0340. The number of nitrogens with zero attached hydrogens (tertiary/aromatic N) is 3. The first kappa shape index (κ1) is 30.3. The standard InChI is InChI=1S/C25H43N5O7/c1-23(2,3)34-15-17(20-29-28-18(35-20)14-26-21(32)36-24(4,5)6)27-19(31)16-10-12-30(13-11-16)22(33)37-25(7,8)9/h16-17H,10-15H2,1-9H3,(H,26,32)(H,27,31)/t17-/m0/s1. The molecule has 1 fully saturated rings. The normalized spacial score (nSPS) is 16.2. The molecule has 0 aliphatic carbocycles. The molecular weight excluding hydrogens is 482 g/mol. The topological polar surface area (TPSA) is 145 Å². The summed E-state index contributed by atoms with van der Waals surface area (Å²) < 4.78 is 22.2. The molecule has 2 rings (SSSR count). The van der Waals surface area contributed by atoms with E-state index in [9.17, 15) is 14.4 Å². The Morgan fingerprint density at radius 1 is 0.946 bits per heavy atom. The molecule has 0 bridgehead atoms. The molecule has 37 heavy (non-hydrogen) atoms. The first-order valence-corrected chi connectivity index (χ1v) is 12.6. The SMILES string of the molecule is CC(C)(C)OC[C@H](NC(=O)C1CCN(C(=O)OC(C)(C)C)CC1)c1nnc(CNC(=O)OC(C)(C)C)o1. The maximum atomic E-state index is 13.1. The van der Waals surface area contributed by atoms with Gasteiger partial charge in [-0.1, -0.05) is 0 Å². The maximum Gasteiger partial charge on any atom is 0.410 e. The van der Waals surface area contributed by atoms with E-state index in [0.717, 1.165) is 0 Å². The number of nitrogens with one attached hydrogen (secondary N) is 2. The zero-order valence-electron chi connectivity index (χ0n) is 23.6. The molecule has 1 atom stereocenters. The van der Waals surface area contributed by atoms with Crippen molar-refractivity contribution in [3.63, 3.8) is 0 Å². The van der Waals surface area contributed by atoms with Crippen molar-refractivity contribution in [2.45, 2.75) is 105 Å². The van der Waals surface area contributed by atoms with Crippen molar-refractivity contribution in [3.8, 4) is 0 Å². The summed E-state index contributed by atoms with van der Waals surface area (Å²) in [5.74, 6) is -0.128. The Kier molecular flexibility index (Phi) is 9.92. The minimum absolute atomic E-state index is 0.0220. The van der Waals surface area contributed by atoms with Crippen LogP contribution in [-0.2, 0) is 25.5 Å². The van der Waals surface area contributed by atoms with Crippen LogP contribution in [0.5, 0.6) is 0 Å². The van der Waals surface area contributed by atoms with Gasteiger partial charge in [0.25, 0.3) is 0 Å². The number of piperidine rings is 1. The molecule has 3 amide bonds. The van der Waals surface area contributed by atoms with Crippen molar-refractivity contribution in [2.75, 3.05) is 19.7 Å². The van der Waals surface area contributed by atoms with Gasteiger partial charge in [0.05, 0.1) is 18.8 Å². The second kappa shape index (κ2) is 12.1. The zero-order valence-corrected chi connectivity index (χ0v) is 23.6. The van der Waals surface area contributed by atoms with Crippen LogP contribution in [0, 0.1) is 5.92 Å². The van der Waals surface area contributed by atoms with Gasteiger partial charge in [-0.05, 0) is 75.2 Å². The molecule has 0 spiro atoms. The van der Waals surface area contributed by atoms with E-state index >= 15 is 0 Å². The van der Waals surface area contributed by atoms with Crippen LogP contribution in [0.2, 0.25) is 0 Å². The minimum Gasteiger partial charge on any atom is -0.444 e. The summed E-state index contributed by atoms with van der Waals surface area (Å²) in [4.78, 5) is 39.0. The third-order valence-corrected chi connectivity index (χ3v) is 5.08. The molecule has 1 aromatic rings. The second-order valence-electron chi connectivity index (χ2n) is 12.1. The molecule has 0 saturated carbocycles. The third kappa shape index (κ3) is 11.4. The molecule has 2 heterocycles. The lowest BCUT2D eigenvalue weighted by atomic mass is 9.96. The van der Waals surface area contributed by atoms with E-state index in [1.54, 1.807) is 25.7 Å². The lowest BCUT2D eigenvalue weighted by Gasteiger charge is -2.33. The molecule has 1 aliphatic heterocycles. The number of likely N-dealkylation sites (tertiary alicyclic amines) is 1. The first-order valence-electron chi connectivity index (χ1n) is 12.6. The minimum atomic E-state index is -0.682. The third-order valence-electron chi connectivity index (χ3n) is 5.08. The molecule has 2 N–H and O–H groups in total. The number of hydrogen-bond acceptors (Lipinski definition) is 9. The van der Waals surface area contributed by atoms with Crippen molar-refractivity contribution in [2.24, 2.45) is 5.92 Å². The molecular formula is C25H43N5O7. The predicted octanol–water partition coefficient (Wildman–Crippen LogP) is 3.71. The summed E-state index contributed by atoms with van der Waals surface area (Å²) in [7, 11) is 0. The van der Waals surface area contributed by atoms with Crippen molar-refractivity contribution >= 4 is 18.1 Å². The van der Waals surface area contributed by atoms with Crippen LogP contribution in [-0.4, -0.2) is 69.7 Å². The molecule has 0 aromatic carbocycles. The monoisotopic (exact) mass is 525 g/mol. The molecule has 1 saturated heterocycles. The second-order valence-corrected chi connectivity index (χ2v) is 12.1. The zero-order chi connectivity index (χ0) is 28.0. The van der Waals surface area contributed by atoms with E-state index < -0.39 is 28.9 Å². The van der Waals surface area contributed by atoms with Gasteiger partial charge in [0.15, 0.2) is 0 Å². The number of alkyl carbamates (subject to hydrolysis) is 1. The van der Waals surface area contributed by atoms with Crippen molar-refractivity contribution < 1.29 is 33.0 Å². The average Bonchev–Trinajstić information content (AvgIpc) is 3.21. The summed E-state index contributed by atoms with van der Waals surface area (Å²) in [5, 5.41) is 13.6. The van der Waals surface area contributed by atoms with Gasteiger partial charge < -0.3 is 34.2 Å². The van der Waals surface area contributed by atoms with E-state index in [0.29, 0.717) is 25.9 Å². The van der Waals surface area contributed by atoms with Crippen LogP contribution in [0.1, 0.15) is 93.0 Å². The van der Waals surface area contributed by atoms with E-state index in [-0.39, 0.29) is 42.9 Å². The Morgan fingerprint density at radius 3 is 2.08 bits per heavy atom. The van der Waals surface area contributed by atoms with Gasteiger partial charge in [-0.3, -0.25) is 4.79 Å². The number of amides is 3. The Morgan fingerprint density at radius 2 is 1.54 bits per heavy atom. The summed E-state index contributed by atoms with van der Waals surface area (Å²) in [6, 6.07) is -0.682. The van der Waals surface area contributed by atoms with Gasteiger partial charge in [-0.2, -0.15) is 0 Å². The molecule has 12 nitrogen and oxygen atoms in total. The molecule has 1 aromatic heterocycles. The van der Waals surface area contributed by atoms with E-state index in [1.165, 1.54) is 0 Å². The van der Waals surface area contributed by atoms with Crippen LogP contribution in [0.15, 0.2) is 4.42 Å². The van der Waals surface area contributed by atoms with Crippen molar-refractivity contribution in [1.29, 1.82) is 0 Å². The summed E-state index contributed by atoms with van der Waals surface area (Å²) in [5.41, 5.74) is -1.66. The van der Waals surface area contributed by atoms with Crippen molar-refractivity contribution in [3.05, 3.63) is 11.8 Å². The number of ether oxygens (including phenoxy) is 3. The van der Waals surface area contributed by atoms with Crippen LogP contribution >= 0.6 is 0 Å². The number of hydrogen-bond donors (Lipinski definition) is 2. The fourth-order valence-corrected chi connectivity index (χ4v) is 3.39. The van der Waals surface area contributed by atoms with Gasteiger partial charge in [0, 0.05) is 19.0 Å². The predicted molar refractivity (Wildman–Crippen MR) is 134 cm³/mol. The van der Waals surface area contributed by atoms with Crippen LogP contribution in [0.25, 0.3) is 0 Å². The van der Waals surface area contributed by atoms with E-state index in [4.69, 9.17) is 18.6 Å². The highest BCUT2D eigenvalue weighted by Crippen LogP contribution is 2.22. The lowest BCUT2D eigenvalue weighted by molar-refractivity contribution is -0.128. The highest BCUT2D eigenvalue weighted by molar-refractivity contribution is 5.79. The largest absolute Gasteiger partial charge is 0.444 e. The number of aromatic nitrogens is 2. The Balaban J connectivity index is 1.99. The average molecular weight is 526 g/mol. The number of rotatable bonds is 7. The van der Waals surface area contributed by atoms with Crippen LogP contribution in [0.4, 0.5) is 9.59 Å². The van der Waals surface area contributed by atoms with Gasteiger partial charge in [0.1, 0.15) is 17.2 Å². The van der Waals surface area contributed by atoms with Gasteiger partial charge in [0.2, 0.25) is 17.7 Å². The number of carbonyl (C=O) groups excluding carboxylic acids is 3. The van der Waals surface area contributed by atoms with E-state index in [2.05, 4.69) is 20.8 Å². The fraction of sp³-hybridized carbons (Fsp3) is 0.800. The highest BCUT2D eigenvalue weighted by atomic mass is 16.6. The van der Waals surface area contributed by atoms with E-state index in [1.807, 2.05) is 41.5 Å². The number of carbonyl (C=O) groups is 3. The smallest absolute Gasteiger partial charge is 0.410 e. The summed E-state index contributed by atoms with van der Waals surface area (Å²) in [6.45, 7) is 17.4. The van der Waals surface area contributed by atoms with Gasteiger partial charge in [-0.25, -0.2) is 9.59 Å². The Labute approximate surface area is 219 Å². The lowest BCUT2D eigenvalue weighted by Crippen LogP contribution is -2.46. The van der Waals surface area contributed by atoms with Gasteiger partial charge in [-0.15, -0.1) is 10.2 Å². The Hall–Kier alpha value is -2.89. The van der Waals surface area contributed by atoms with Crippen LogP contribution in [0.3, 0.4) is 0 Å². The molecule has 210 valence electrons. The molecule has 0 unspecified atom stereocenters. The molecule has 0 radical (unpaired) electrons. The highest BCUT2D eigenvalue weighted by Gasteiger charge is 2.32.